The second kappa shape index (κ2) is 2.91. The topological polar surface area (TPSA) is 26.0 Å². The second-order valence-corrected chi connectivity index (χ2v) is 4.03. The average Bonchev–Trinajstić information content (AvgIpc) is 2.33. The molecule has 0 aliphatic heterocycles. The van der Waals surface area contributed by atoms with E-state index in [0.717, 1.165) is 12.5 Å². The summed E-state index contributed by atoms with van der Waals surface area (Å²) in [6, 6.07) is 0. The highest BCUT2D eigenvalue weighted by molar-refractivity contribution is 4.85. The molecule has 0 aromatic heterocycles. The Balaban J connectivity index is 2.41. The summed E-state index contributed by atoms with van der Waals surface area (Å²) in [4.78, 5) is 0. The quantitative estimate of drug-likeness (QED) is 0.626. The largest absolute Gasteiger partial charge is 0.330 e. The van der Waals surface area contributed by atoms with Crippen molar-refractivity contribution in [3.05, 3.63) is 0 Å². The maximum atomic E-state index is 5.68. The van der Waals surface area contributed by atoms with Crippen LogP contribution in [0.5, 0.6) is 0 Å². The molecule has 10 heavy (non-hydrogen) atoms. The monoisotopic (exact) mass is 141 g/mol. The Bertz CT molecular complexity index is 111. The van der Waals surface area contributed by atoms with Crippen molar-refractivity contribution >= 4 is 0 Å². The van der Waals surface area contributed by atoms with E-state index in [0.29, 0.717) is 5.41 Å². The highest BCUT2D eigenvalue weighted by Gasteiger charge is 2.32. The number of hydrogen-bond acceptors (Lipinski definition) is 1. The fourth-order valence-electron chi connectivity index (χ4n) is 1.99. The van der Waals surface area contributed by atoms with E-state index in [2.05, 4.69) is 13.8 Å². The molecule has 0 radical (unpaired) electrons. The van der Waals surface area contributed by atoms with Crippen molar-refractivity contribution in [2.24, 2.45) is 17.1 Å². The van der Waals surface area contributed by atoms with Gasteiger partial charge < -0.3 is 5.73 Å². The van der Waals surface area contributed by atoms with Crippen LogP contribution < -0.4 is 5.73 Å². The standard InChI is InChI=1S/C9H19N/c1-3-8-4-5-9(2,6-8)7-10/h8H,3-7,10H2,1-2H3. The van der Waals surface area contributed by atoms with Crippen LogP contribution in [0, 0.1) is 11.3 Å². The van der Waals surface area contributed by atoms with E-state index in [4.69, 9.17) is 5.73 Å². The summed E-state index contributed by atoms with van der Waals surface area (Å²) in [5.74, 6) is 0.966. The van der Waals surface area contributed by atoms with Gasteiger partial charge in [0.2, 0.25) is 0 Å². The van der Waals surface area contributed by atoms with Gasteiger partial charge in [0.25, 0.3) is 0 Å². The van der Waals surface area contributed by atoms with Gasteiger partial charge in [-0.2, -0.15) is 0 Å². The molecule has 0 bridgehead atoms. The van der Waals surface area contributed by atoms with Gasteiger partial charge in [-0.1, -0.05) is 20.3 Å². The zero-order valence-electron chi connectivity index (χ0n) is 7.19. The van der Waals surface area contributed by atoms with Gasteiger partial charge in [0.05, 0.1) is 0 Å². The average molecular weight is 141 g/mol. The summed E-state index contributed by atoms with van der Waals surface area (Å²) in [5.41, 5.74) is 6.17. The van der Waals surface area contributed by atoms with Crippen LogP contribution in [0.1, 0.15) is 39.5 Å². The van der Waals surface area contributed by atoms with Crippen molar-refractivity contribution in [1.82, 2.24) is 0 Å². The molecule has 2 N–H and O–H groups in total. The van der Waals surface area contributed by atoms with Crippen molar-refractivity contribution in [3.63, 3.8) is 0 Å². The van der Waals surface area contributed by atoms with Crippen LogP contribution in [0.15, 0.2) is 0 Å². The summed E-state index contributed by atoms with van der Waals surface area (Å²) in [6.45, 7) is 5.49. The fraction of sp³-hybridized carbons (Fsp3) is 1.00. The lowest BCUT2D eigenvalue weighted by atomic mass is 9.88. The minimum absolute atomic E-state index is 0.487. The molecule has 2 atom stereocenters. The molecule has 1 aliphatic rings. The Morgan fingerprint density at radius 1 is 1.60 bits per heavy atom. The molecular weight excluding hydrogens is 122 g/mol. The lowest BCUT2D eigenvalue weighted by Crippen LogP contribution is -2.23. The lowest BCUT2D eigenvalue weighted by Gasteiger charge is -2.20. The van der Waals surface area contributed by atoms with Gasteiger partial charge in [-0.15, -0.1) is 0 Å². The Labute approximate surface area is 64.0 Å². The first-order valence-corrected chi connectivity index (χ1v) is 4.40. The molecule has 1 fully saturated rings. The van der Waals surface area contributed by atoms with Crippen LogP contribution in [0.25, 0.3) is 0 Å². The summed E-state index contributed by atoms with van der Waals surface area (Å²) < 4.78 is 0. The molecular formula is C9H19N. The van der Waals surface area contributed by atoms with Crippen molar-refractivity contribution in [1.29, 1.82) is 0 Å². The Hall–Kier alpha value is -0.0400. The molecule has 1 heteroatoms. The molecule has 2 unspecified atom stereocenters. The first-order valence-electron chi connectivity index (χ1n) is 4.40. The van der Waals surface area contributed by atoms with Crippen LogP contribution in [-0.2, 0) is 0 Å². The minimum atomic E-state index is 0.487. The number of rotatable bonds is 2. The predicted octanol–water partition coefficient (Wildman–Crippen LogP) is 2.16. The number of nitrogens with two attached hydrogens (primary N) is 1. The fourth-order valence-corrected chi connectivity index (χ4v) is 1.99. The van der Waals surface area contributed by atoms with E-state index >= 15 is 0 Å². The highest BCUT2D eigenvalue weighted by Crippen LogP contribution is 2.41. The first-order chi connectivity index (χ1) is 4.70. The smallest absolute Gasteiger partial charge is 0.00231 e. The predicted molar refractivity (Wildman–Crippen MR) is 44.8 cm³/mol. The molecule has 1 saturated carbocycles. The summed E-state index contributed by atoms with van der Waals surface area (Å²) in [5, 5.41) is 0. The minimum Gasteiger partial charge on any atom is -0.330 e. The van der Waals surface area contributed by atoms with Crippen LogP contribution in [-0.4, -0.2) is 6.54 Å². The van der Waals surface area contributed by atoms with Gasteiger partial charge in [-0.3, -0.25) is 0 Å². The van der Waals surface area contributed by atoms with E-state index in [1.807, 2.05) is 0 Å². The van der Waals surface area contributed by atoms with E-state index in [9.17, 15) is 0 Å². The maximum Gasteiger partial charge on any atom is -0.00231 e. The van der Waals surface area contributed by atoms with Gasteiger partial charge >= 0.3 is 0 Å². The molecule has 0 aromatic carbocycles. The third-order valence-corrected chi connectivity index (χ3v) is 3.01. The Morgan fingerprint density at radius 3 is 2.60 bits per heavy atom. The molecule has 1 rings (SSSR count). The summed E-state index contributed by atoms with van der Waals surface area (Å²) in [7, 11) is 0. The van der Waals surface area contributed by atoms with Gasteiger partial charge in [0.1, 0.15) is 0 Å². The first kappa shape index (κ1) is 8.06. The number of hydrogen-bond donors (Lipinski definition) is 1. The van der Waals surface area contributed by atoms with E-state index in [1.165, 1.54) is 25.7 Å². The van der Waals surface area contributed by atoms with E-state index in [-0.39, 0.29) is 0 Å². The van der Waals surface area contributed by atoms with Gasteiger partial charge in [0.15, 0.2) is 0 Å². The molecule has 0 amide bonds. The van der Waals surface area contributed by atoms with Crippen molar-refractivity contribution in [2.75, 3.05) is 6.54 Å². The SMILES string of the molecule is CCC1CCC(C)(CN)C1. The molecule has 0 aromatic rings. The van der Waals surface area contributed by atoms with Gasteiger partial charge in [-0.25, -0.2) is 0 Å². The zero-order chi connectivity index (χ0) is 7.61. The third-order valence-electron chi connectivity index (χ3n) is 3.01. The van der Waals surface area contributed by atoms with Crippen LogP contribution in [0.4, 0.5) is 0 Å². The van der Waals surface area contributed by atoms with Crippen molar-refractivity contribution < 1.29 is 0 Å². The van der Waals surface area contributed by atoms with Gasteiger partial charge in [-0.05, 0) is 37.1 Å². The van der Waals surface area contributed by atoms with Crippen LogP contribution in [0.3, 0.4) is 0 Å². The van der Waals surface area contributed by atoms with E-state index < -0.39 is 0 Å². The van der Waals surface area contributed by atoms with Crippen molar-refractivity contribution in [2.45, 2.75) is 39.5 Å². The zero-order valence-corrected chi connectivity index (χ0v) is 7.19. The maximum absolute atomic E-state index is 5.68. The summed E-state index contributed by atoms with van der Waals surface area (Å²) in [6.07, 6.45) is 5.46. The normalized spacial score (nSPS) is 40.5. The molecule has 0 spiro atoms. The molecule has 0 saturated heterocycles. The van der Waals surface area contributed by atoms with Gasteiger partial charge in [0, 0.05) is 0 Å². The Kier molecular flexibility index (Phi) is 2.35. The van der Waals surface area contributed by atoms with E-state index in [1.54, 1.807) is 0 Å². The Morgan fingerprint density at radius 2 is 2.30 bits per heavy atom. The molecule has 1 nitrogen and oxygen atoms in total. The third kappa shape index (κ3) is 1.51. The lowest BCUT2D eigenvalue weighted by molar-refractivity contribution is 0.330. The summed E-state index contributed by atoms with van der Waals surface area (Å²) >= 11 is 0. The molecule has 0 heterocycles. The highest BCUT2D eigenvalue weighted by atomic mass is 14.6. The van der Waals surface area contributed by atoms with Crippen LogP contribution in [0.2, 0.25) is 0 Å². The molecule has 1 aliphatic carbocycles. The van der Waals surface area contributed by atoms with Crippen molar-refractivity contribution in [3.8, 4) is 0 Å². The molecule has 60 valence electrons. The van der Waals surface area contributed by atoms with Crippen LogP contribution >= 0.6 is 0 Å². The second-order valence-electron chi connectivity index (χ2n) is 4.03.